The summed E-state index contributed by atoms with van der Waals surface area (Å²) < 4.78 is 11.1. The maximum atomic E-state index is 11.4. The van der Waals surface area contributed by atoms with Gasteiger partial charge in [0.15, 0.2) is 0 Å². The van der Waals surface area contributed by atoms with E-state index >= 15 is 0 Å². The number of benzene rings is 1. The Morgan fingerprint density at radius 1 is 1.26 bits per heavy atom. The van der Waals surface area contributed by atoms with Crippen molar-refractivity contribution in [1.29, 1.82) is 0 Å². The number of aryl methyl sites for hydroxylation is 1. The molecule has 1 aromatic heterocycles. The molecule has 0 fully saturated rings. The Bertz CT molecular complexity index is 740. The molecular weight excluding hydrogens is 296 g/mol. The van der Waals surface area contributed by atoms with Crippen LogP contribution in [0.2, 0.25) is 0 Å². The van der Waals surface area contributed by atoms with E-state index in [1.807, 2.05) is 32.0 Å². The quantitative estimate of drug-likeness (QED) is 0.604. The van der Waals surface area contributed by atoms with E-state index in [0.717, 1.165) is 11.3 Å². The van der Waals surface area contributed by atoms with E-state index in [0.29, 0.717) is 24.7 Å². The first-order valence-corrected chi connectivity index (χ1v) is 7.39. The normalized spacial score (nSPS) is 10.7. The van der Waals surface area contributed by atoms with Crippen molar-refractivity contribution in [2.24, 2.45) is 5.10 Å². The molecule has 122 valence electrons. The van der Waals surface area contributed by atoms with Crippen LogP contribution in [0, 0.1) is 6.92 Å². The van der Waals surface area contributed by atoms with Crippen LogP contribution in [0.5, 0.6) is 11.5 Å². The van der Waals surface area contributed by atoms with Gasteiger partial charge in [-0.2, -0.15) is 5.10 Å². The Morgan fingerprint density at radius 3 is 2.74 bits per heavy atom. The van der Waals surface area contributed by atoms with Gasteiger partial charge < -0.3 is 9.47 Å². The molecule has 1 heterocycles. The Labute approximate surface area is 134 Å². The molecule has 2 rings (SSSR count). The second-order valence-corrected chi connectivity index (χ2v) is 4.67. The van der Waals surface area contributed by atoms with Crippen LogP contribution in [0.3, 0.4) is 0 Å². The summed E-state index contributed by atoms with van der Waals surface area (Å²) in [6, 6.07) is 6.93. The fourth-order valence-electron chi connectivity index (χ4n) is 1.95. The van der Waals surface area contributed by atoms with Crippen molar-refractivity contribution in [3.05, 3.63) is 45.9 Å². The number of aromatic nitrogens is 2. The SMILES string of the molecule is CCOc1ccc(/C=N\Nc2nc(C)cc(=O)[nH]2)c(OCC)c1. The highest BCUT2D eigenvalue weighted by molar-refractivity contribution is 5.84. The lowest BCUT2D eigenvalue weighted by molar-refractivity contribution is 0.323. The van der Waals surface area contributed by atoms with Crippen LogP contribution in [0.25, 0.3) is 0 Å². The highest BCUT2D eigenvalue weighted by Gasteiger charge is 2.04. The summed E-state index contributed by atoms with van der Waals surface area (Å²) in [4.78, 5) is 18.0. The van der Waals surface area contributed by atoms with Gasteiger partial charge >= 0.3 is 0 Å². The summed E-state index contributed by atoms with van der Waals surface area (Å²) in [6.07, 6.45) is 1.60. The number of nitrogens with zero attached hydrogens (tertiary/aromatic N) is 2. The lowest BCUT2D eigenvalue weighted by atomic mass is 10.2. The van der Waals surface area contributed by atoms with E-state index in [1.165, 1.54) is 6.07 Å². The third kappa shape index (κ3) is 4.84. The predicted molar refractivity (Wildman–Crippen MR) is 89.6 cm³/mol. The summed E-state index contributed by atoms with van der Waals surface area (Å²) in [5.74, 6) is 1.70. The molecule has 2 N–H and O–H groups in total. The van der Waals surface area contributed by atoms with Crippen molar-refractivity contribution < 1.29 is 9.47 Å². The molecule has 0 unspecified atom stereocenters. The monoisotopic (exact) mass is 316 g/mol. The molecule has 0 aliphatic heterocycles. The van der Waals surface area contributed by atoms with Crippen LogP contribution >= 0.6 is 0 Å². The van der Waals surface area contributed by atoms with Crippen molar-refractivity contribution in [2.75, 3.05) is 18.6 Å². The molecule has 0 bridgehead atoms. The molecule has 2 aromatic rings. The third-order valence-electron chi connectivity index (χ3n) is 2.84. The number of aromatic amines is 1. The second kappa shape index (κ2) is 7.98. The van der Waals surface area contributed by atoms with Gasteiger partial charge in [-0.15, -0.1) is 0 Å². The molecule has 7 heteroatoms. The first kappa shape index (κ1) is 16.5. The first-order chi connectivity index (χ1) is 11.1. The topological polar surface area (TPSA) is 88.6 Å². The minimum Gasteiger partial charge on any atom is -0.494 e. The summed E-state index contributed by atoms with van der Waals surface area (Å²) in [5, 5.41) is 4.08. The van der Waals surface area contributed by atoms with Gasteiger partial charge in [0, 0.05) is 23.4 Å². The minimum absolute atomic E-state index is 0.230. The molecule has 0 radical (unpaired) electrons. The number of hydrogen-bond acceptors (Lipinski definition) is 6. The van der Waals surface area contributed by atoms with Crippen molar-refractivity contribution in [2.45, 2.75) is 20.8 Å². The van der Waals surface area contributed by atoms with Crippen molar-refractivity contribution in [3.8, 4) is 11.5 Å². The van der Waals surface area contributed by atoms with Gasteiger partial charge in [-0.1, -0.05) is 0 Å². The van der Waals surface area contributed by atoms with Crippen LogP contribution < -0.4 is 20.5 Å². The van der Waals surface area contributed by atoms with Gasteiger partial charge in [0.1, 0.15) is 11.5 Å². The first-order valence-electron chi connectivity index (χ1n) is 7.39. The molecule has 0 spiro atoms. The molecule has 1 aromatic carbocycles. The lowest BCUT2D eigenvalue weighted by Crippen LogP contribution is -2.10. The highest BCUT2D eigenvalue weighted by atomic mass is 16.5. The van der Waals surface area contributed by atoms with E-state index in [4.69, 9.17) is 9.47 Å². The molecule has 0 amide bonds. The number of hydrogen-bond donors (Lipinski definition) is 2. The zero-order valence-electron chi connectivity index (χ0n) is 13.4. The summed E-state index contributed by atoms with van der Waals surface area (Å²) in [6.45, 7) is 6.70. The average molecular weight is 316 g/mol. The van der Waals surface area contributed by atoms with Gasteiger partial charge in [0.05, 0.1) is 19.4 Å². The highest BCUT2D eigenvalue weighted by Crippen LogP contribution is 2.24. The van der Waals surface area contributed by atoms with Crippen LogP contribution in [-0.4, -0.2) is 29.4 Å². The summed E-state index contributed by atoms with van der Waals surface area (Å²) in [7, 11) is 0. The van der Waals surface area contributed by atoms with E-state index < -0.39 is 0 Å². The number of hydrazone groups is 1. The van der Waals surface area contributed by atoms with Crippen molar-refractivity contribution in [3.63, 3.8) is 0 Å². The number of rotatable bonds is 7. The maximum Gasteiger partial charge on any atom is 0.252 e. The molecule has 0 saturated carbocycles. The summed E-state index contributed by atoms with van der Waals surface area (Å²) in [5.41, 5.74) is 3.87. The molecule has 0 saturated heterocycles. The van der Waals surface area contributed by atoms with Gasteiger partial charge in [-0.25, -0.2) is 10.4 Å². The average Bonchev–Trinajstić information content (AvgIpc) is 2.49. The molecule has 7 nitrogen and oxygen atoms in total. The smallest absolute Gasteiger partial charge is 0.252 e. The fourth-order valence-corrected chi connectivity index (χ4v) is 1.95. The second-order valence-electron chi connectivity index (χ2n) is 4.67. The maximum absolute atomic E-state index is 11.4. The van der Waals surface area contributed by atoms with Crippen molar-refractivity contribution in [1.82, 2.24) is 9.97 Å². The van der Waals surface area contributed by atoms with Crippen LogP contribution in [0.1, 0.15) is 25.1 Å². The van der Waals surface area contributed by atoms with E-state index in [-0.39, 0.29) is 11.5 Å². The van der Waals surface area contributed by atoms with Gasteiger partial charge in [0.2, 0.25) is 5.95 Å². The lowest BCUT2D eigenvalue weighted by Gasteiger charge is -2.10. The Hall–Kier alpha value is -2.83. The zero-order chi connectivity index (χ0) is 16.7. The molecule has 23 heavy (non-hydrogen) atoms. The van der Waals surface area contributed by atoms with Crippen LogP contribution in [0.4, 0.5) is 5.95 Å². The van der Waals surface area contributed by atoms with E-state index in [9.17, 15) is 4.79 Å². The molecule has 0 atom stereocenters. The van der Waals surface area contributed by atoms with E-state index in [1.54, 1.807) is 13.1 Å². The number of anilines is 1. The van der Waals surface area contributed by atoms with Gasteiger partial charge in [-0.05, 0) is 32.9 Å². The number of ether oxygens (including phenoxy) is 2. The zero-order valence-corrected chi connectivity index (χ0v) is 13.4. The van der Waals surface area contributed by atoms with E-state index in [2.05, 4.69) is 20.5 Å². The van der Waals surface area contributed by atoms with Crippen molar-refractivity contribution >= 4 is 12.2 Å². The minimum atomic E-state index is -0.230. The largest absolute Gasteiger partial charge is 0.494 e. The molecule has 0 aliphatic rings. The molecular formula is C16H20N4O3. The van der Waals surface area contributed by atoms with Gasteiger partial charge in [0.25, 0.3) is 5.56 Å². The van der Waals surface area contributed by atoms with Crippen LogP contribution in [-0.2, 0) is 0 Å². The predicted octanol–water partition coefficient (Wildman–Crippen LogP) is 2.32. The Balaban J connectivity index is 2.15. The molecule has 0 aliphatic carbocycles. The van der Waals surface area contributed by atoms with Gasteiger partial charge in [-0.3, -0.25) is 9.78 Å². The summed E-state index contributed by atoms with van der Waals surface area (Å²) >= 11 is 0. The third-order valence-corrected chi connectivity index (χ3v) is 2.84. The van der Waals surface area contributed by atoms with Crippen LogP contribution in [0.15, 0.2) is 34.2 Å². The Morgan fingerprint density at radius 2 is 2.04 bits per heavy atom. The number of H-pyrrole nitrogens is 1. The standard InChI is InChI=1S/C16H20N4O3/c1-4-22-13-7-6-12(14(9-13)23-5-2)10-17-20-16-18-11(3)8-15(21)19-16/h6-10H,4-5H2,1-3H3,(H2,18,19,20,21)/b17-10-. The number of nitrogens with one attached hydrogen (secondary N) is 2. The fraction of sp³-hybridized carbons (Fsp3) is 0.312. The Kier molecular flexibility index (Phi) is 5.74.